The Morgan fingerprint density at radius 2 is 2.07 bits per heavy atom. The minimum absolute atomic E-state index is 0.0598. The molecule has 1 amide bonds. The second-order valence-corrected chi connectivity index (χ2v) is 7.96. The van der Waals surface area contributed by atoms with Gasteiger partial charge in [0.25, 0.3) is 11.1 Å². The topological polar surface area (TPSA) is 107 Å². The molecule has 0 aliphatic heterocycles. The van der Waals surface area contributed by atoms with E-state index in [1.165, 1.54) is 11.3 Å². The molecule has 0 spiro atoms. The van der Waals surface area contributed by atoms with Crippen LogP contribution in [0.15, 0.2) is 26.4 Å². The molecule has 3 rings (SSSR count). The third-order valence-corrected chi connectivity index (χ3v) is 5.88. The van der Waals surface area contributed by atoms with Crippen LogP contribution in [0.1, 0.15) is 33.5 Å². The maximum atomic E-state index is 12.3. The van der Waals surface area contributed by atoms with Gasteiger partial charge in [-0.15, -0.1) is 21.5 Å². The summed E-state index contributed by atoms with van der Waals surface area (Å²) >= 11 is 2.46. The van der Waals surface area contributed by atoms with Crippen molar-refractivity contribution in [3.63, 3.8) is 0 Å². The molecule has 0 fully saturated rings. The third kappa shape index (κ3) is 4.28. The Morgan fingerprint density at radius 1 is 1.29 bits per heavy atom. The van der Waals surface area contributed by atoms with E-state index in [9.17, 15) is 9.59 Å². The molecule has 0 bridgehead atoms. The average Bonchev–Trinajstić information content (AvgIpc) is 3.34. The molecule has 0 saturated carbocycles. The fourth-order valence-corrected chi connectivity index (χ4v) is 4.07. The van der Waals surface area contributed by atoms with Gasteiger partial charge in [0.05, 0.1) is 29.7 Å². The summed E-state index contributed by atoms with van der Waals surface area (Å²) in [4.78, 5) is 25.5. The van der Waals surface area contributed by atoms with E-state index in [-0.39, 0.29) is 23.5 Å². The lowest BCUT2D eigenvalue weighted by Gasteiger charge is -2.06. The van der Waals surface area contributed by atoms with Crippen molar-refractivity contribution in [2.45, 2.75) is 32.9 Å². The maximum absolute atomic E-state index is 12.3. The molecule has 8 nitrogen and oxygen atoms in total. The first-order valence-electron chi connectivity index (χ1n) is 8.48. The van der Waals surface area contributed by atoms with E-state index in [2.05, 4.69) is 15.5 Å². The Bertz CT molecular complexity index is 1000. The molecule has 28 heavy (non-hydrogen) atoms. The Kier molecular flexibility index (Phi) is 6.20. The zero-order valence-corrected chi connectivity index (χ0v) is 17.5. The molecule has 1 N–H and O–H groups in total. The fourth-order valence-electron chi connectivity index (χ4n) is 2.44. The number of carbonyl (C=O) groups excluding carboxylic acids is 2. The van der Waals surface area contributed by atoms with Gasteiger partial charge in [-0.2, -0.15) is 0 Å². The summed E-state index contributed by atoms with van der Waals surface area (Å²) in [6, 6.07) is 1.74. The lowest BCUT2D eigenvalue weighted by molar-refractivity contribution is -0.113. The lowest BCUT2D eigenvalue weighted by Crippen LogP contribution is -2.16. The van der Waals surface area contributed by atoms with Crippen LogP contribution in [0.25, 0.3) is 11.5 Å². The molecule has 3 aromatic heterocycles. The van der Waals surface area contributed by atoms with E-state index in [1.54, 1.807) is 26.2 Å². The third-order valence-electron chi connectivity index (χ3n) is 3.94. The molecule has 0 aromatic carbocycles. The number of thioether (sulfide) groups is 1. The summed E-state index contributed by atoms with van der Waals surface area (Å²) < 4.78 is 15.9. The van der Waals surface area contributed by atoms with Crippen LogP contribution in [0.4, 0.5) is 5.00 Å². The largest absolute Gasteiger partial charge is 0.469 e. The highest BCUT2D eigenvalue weighted by molar-refractivity contribution is 7.99. The van der Waals surface area contributed by atoms with Gasteiger partial charge in [-0.25, -0.2) is 4.79 Å². The van der Waals surface area contributed by atoms with Crippen molar-refractivity contribution >= 4 is 40.0 Å². The van der Waals surface area contributed by atoms with Gasteiger partial charge in [0.15, 0.2) is 0 Å². The van der Waals surface area contributed by atoms with Crippen LogP contribution in [0.3, 0.4) is 0 Å². The summed E-state index contributed by atoms with van der Waals surface area (Å²) in [5, 5.41) is 11.4. The van der Waals surface area contributed by atoms with Crippen LogP contribution in [0.2, 0.25) is 0 Å². The maximum Gasteiger partial charge on any atom is 0.341 e. The molecule has 148 valence electrons. The van der Waals surface area contributed by atoms with Gasteiger partial charge in [0.2, 0.25) is 5.91 Å². The predicted molar refractivity (Wildman–Crippen MR) is 106 cm³/mol. The van der Waals surface area contributed by atoms with Crippen molar-refractivity contribution in [3.8, 4) is 11.5 Å². The van der Waals surface area contributed by atoms with Gasteiger partial charge in [-0.3, -0.25) is 4.79 Å². The number of esters is 1. The number of hydrogen-bond donors (Lipinski definition) is 1. The molecule has 3 heterocycles. The highest BCUT2D eigenvalue weighted by Crippen LogP contribution is 2.33. The quantitative estimate of drug-likeness (QED) is 0.446. The first-order valence-corrected chi connectivity index (χ1v) is 10.3. The standard InChI is InChI=1S/C18H19N3O5S2/c1-5-24-17(23)14-9(2)11(4)28-16(14)19-13(22)8-27-18-21-20-15(26-18)12-6-7-25-10(12)3/h6-7H,5,8H2,1-4H3,(H,19,22). The minimum atomic E-state index is -0.440. The zero-order valence-electron chi connectivity index (χ0n) is 15.8. The van der Waals surface area contributed by atoms with E-state index in [4.69, 9.17) is 13.6 Å². The van der Waals surface area contributed by atoms with Crippen LogP contribution in [-0.4, -0.2) is 34.4 Å². The zero-order chi connectivity index (χ0) is 20.3. The summed E-state index contributed by atoms with van der Waals surface area (Å²) in [5.74, 6) is 0.348. The Balaban J connectivity index is 1.64. The first-order chi connectivity index (χ1) is 13.4. The summed E-state index contributed by atoms with van der Waals surface area (Å²) in [5.41, 5.74) is 1.93. The van der Waals surface area contributed by atoms with Gasteiger partial charge in [-0.1, -0.05) is 11.8 Å². The smallest absolute Gasteiger partial charge is 0.341 e. The second-order valence-electron chi connectivity index (χ2n) is 5.81. The molecule has 0 aliphatic carbocycles. The number of anilines is 1. The summed E-state index contributed by atoms with van der Waals surface area (Å²) in [7, 11) is 0. The van der Waals surface area contributed by atoms with Crippen molar-refractivity contribution in [2.75, 3.05) is 17.7 Å². The molecule has 0 saturated heterocycles. The van der Waals surface area contributed by atoms with Crippen LogP contribution in [0.5, 0.6) is 0 Å². The number of rotatable bonds is 7. The lowest BCUT2D eigenvalue weighted by atomic mass is 10.1. The monoisotopic (exact) mass is 421 g/mol. The number of thiophene rings is 1. The van der Waals surface area contributed by atoms with Crippen molar-refractivity contribution in [1.29, 1.82) is 0 Å². The number of aryl methyl sites for hydroxylation is 2. The highest BCUT2D eigenvalue weighted by atomic mass is 32.2. The van der Waals surface area contributed by atoms with Crippen molar-refractivity contribution in [3.05, 3.63) is 34.1 Å². The number of nitrogens with zero attached hydrogens (tertiary/aromatic N) is 2. The van der Waals surface area contributed by atoms with Crippen LogP contribution < -0.4 is 5.32 Å². The minimum Gasteiger partial charge on any atom is -0.469 e. The van der Waals surface area contributed by atoms with E-state index in [1.807, 2.05) is 13.8 Å². The number of aromatic nitrogens is 2. The molecular weight excluding hydrogens is 402 g/mol. The van der Waals surface area contributed by atoms with E-state index >= 15 is 0 Å². The normalized spacial score (nSPS) is 10.9. The number of ether oxygens (including phenoxy) is 1. The van der Waals surface area contributed by atoms with E-state index in [0.29, 0.717) is 27.8 Å². The molecule has 0 aliphatic rings. The van der Waals surface area contributed by atoms with Gasteiger partial charge in [-0.05, 0) is 39.3 Å². The molecule has 10 heteroatoms. The Morgan fingerprint density at radius 3 is 2.75 bits per heavy atom. The fraction of sp³-hybridized carbons (Fsp3) is 0.333. The molecule has 0 unspecified atom stereocenters. The first kappa shape index (κ1) is 20.2. The van der Waals surface area contributed by atoms with Gasteiger partial charge in [0, 0.05) is 4.88 Å². The molecule has 0 atom stereocenters. The second kappa shape index (κ2) is 8.61. The summed E-state index contributed by atoms with van der Waals surface area (Å²) in [6.45, 7) is 7.54. The SMILES string of the molecule is CCOC(=O)c1c(NC(=O)CSc2nnc(-c3ccoc3C)o2)sc(C)c1C. The van der Waals surface area contributed by atoms with E-state index in [0.717, 1.165) is 22.2 Å². The Labute approximate surface area is 169 Å². The summed E-state index contributed by atoms with van der Waals surface area (Å²) in [6.07, 6.45) is 1.54. The number of amides is 1. The molecule has 0 radical (unpaired) electrons. The predicted octanol–water partition coefficient (Wildman–Crippen LogP) is 4.22. The number of carbonyl (C=O) groups is 2. The Hall–Kier alpha value is -2.59. The molecular formula is C18H19N3O5S2. The number of nitrogens with one attached hydrogen (secondary N) is 1. The van der Waals surface area contributed by atoms with Crippen molar-refractivity contribution in [2.24, 2.45) is 0 Å². The van der Waals surface area contributed by atoms with Crippen LogP contribution in [0, 0.1) is 20.8 Å². The van der Waals surface area contributed by atoms with Gasteiger partial charge < -0.3 is 18.9 Å². The number of furan rings is 1. The van der Waals surface area contributed by atoms with Gasteiger partial charge >= 0.3 is 5.97 Å². The number of hydrogen-bond acceptors (Lipinski definition) is 9. The van der Waals surface area contributed by atoms with E-state index < -0.39 is 5.97 Å². The highest BCUT2D eigenvalue weighted by Gasteiger charge is 2.22. The van der Waals surface area contributed by atoms with Crippen molar-refractivity contribution < 1.29 is 23.2 Å². The average molecular weight is 422 g/mol. The van der Waals surface area contributed by atoms with Crippen LogP contribution >= 0.6 is 23.1 Å². The molecule has 3 aromatic rings. The van der Waals surface area contributed by atoms with Crippen LogP contribution in [-0.2, 0) is 9.53 Å². The van der Waals surface area contributed by atoms with Gasteiger partial charge in [0.1, 0.15) is 10.8 Å². The van der Waals surface area contributed by atoms with Crippen molar-refractivity contribution in [1.82, 2.24) is 10.2 Å².